The second-order valence-corrected chi connectivity index (χ2v) is 19.5. The predicted molar refractivity (Wildman–Crippen MR) is 244 cm³/mol. The average Bonchev–Trinajstić information content (AvgIpc) is 3.18. The zero-order valence-corrected chi connectivity index (χ0v) is 40.7. The molecule has 0 unspecified atom stereocenters. The second-order valence-electron chi connectivity index (χ2n) is 19.5. The van der Waals surface area contributed by atoms with Gasteiger partial charge in [-0.05, 0) is 74.5 Å². The minimum Gasteiger partial charge on any atom is -0.481 e. The Hall–Kier alpha value is -5.30. The Balaban J connectivity index is 3.94. The third kappa shape index (κ3) is 24.3. The third-order valence-corrected chi connectivity index (χ3v) is 10.6. The number of aliphatic carboxylic acids is 2. The molecule has 1 aliphatic heterocycles. The van der Waals surface area contributed by atoms with Crippen molar-refractivity contribution < 1.29 is 62.9 Å². The number of carbonyl (C=O) groups excluding carboxylic acids is 8. The number of carbonyl (C=O) groups is 10. The van der Waals surface area contributed by atoms with Gasteiger partial charge in [0.15, 0.2) is 6.10 Å². The van der Waals surface area contributed by atoms with Crippen molar-refractivity contribution in [3.05, 3.63) is 0 Å². The maximum Gasteiger partial charge on any atom is 0.329 e. The maximum absolute atomic E-state index is 14.2. The quantitative estimate of drug-likeness (QED) is 0.0590. The first-order valence-electron chi connectivity index (χ1n) is 23.6. The van der Waals surface area contributed by atoms with Crippen molar-refractivity contribution in [2.45, 2.75) is 201 Å². The van der Waals surface area contributed by atoms with Crippen molar-refractivity contribution >= 4 is 59.4 Å². The second kappa shape index (κ2) is 30.1. The molecule has 8 amide bonds. The van der Waals surface area contributed by atoms with Crippen LogP contribution < -0.4 is 37.2 Å². The van der Waals surface area contributed by atoms with Crippen LogP contribution in [-0.4, -0.2) is 112 Å². The van der Waals surface area contributed by atoms with Gasteiger partial charge in [-0.25, -0.2) is 9.59 Å². The summed E-state index contributed by atoms with van der Waals surface area (Å²) in [6, 6.07) is -10.0. The fraction of sp³-hybridized carbons (Fsp3) is 0.783. The first-order chi connectivity index (χ1) is 30.8. The molecule has 1 heterocycles. The highest BCUT2D eigenvalue weighted by atomic mass is 16.5. The molecule has 66 heavy (non-hydrogen) atoms. The number of unbranched alkanes of at least 4 members (excludes halogenated alkanes) is 4. The zero-order chi connectivity index (χ0) is 50.3. The van der Waals surface area contributed by atoms with Gasteiger partial charge in [0.05, 0.1) is 6.42 Å². The van der Waals surface area contributed by atoms with Crippen LogP contribution in [-0.2, 0) is 47.9 Å². The molecular weight excluding hydrogens is 859 g/mol. The first kappa shape index (κ1) is 58.7. The lowest BCUT2D eigenvalue weighted by molar-refractivity contribution is -0.160. The van der Waals surface area contributed by atoms with Crippen LogP contribution >= 0.6 is 0 Å². The van der Waals surface area contributed by atoms with E-state index in [9.17, 15) is 58.2 Å². The lowest BCUT2D eigenvalue weighted by Gasteiger charge is -2.28. The molecule has 0 spiro atoms. The van der Waals surface area contributed by atoms with Gasteiger partial charge in [0, 0.05) is 6.42 Å². The third-order valence-electron chi connectivity index (χ3n) is 10.6. The number of carboxylic acid groups (broad SMARTS) is 2. The summed E-state index contributed by atoms with van der Waals surface area (Å²) in [7, 11) is 0. The number of nitrogens with one attached hydrogen (secondary N) is 7. The Morgan fingerprint density at radius 1 is 0.455 bits per heavy atom. The average molecular weight is 938 g/mol. The number of imide groups is 1. The Morgan fingerprint density at radius 2 is 0.864 bits per heavy atom. The summed E-state index contributed by atoms with van der Waals surface area (Å²) in [5.74, 6) is -9.75. The number of esters is 1. The normalized spacial score (nSPS) is 23.7. The molecule has 20 heteroatoms. The molecule has 0 aromatic rings. The van der Waals surface area contributed by atoms with Gasteiger partial charge in [0.2, 0.25) is 23.6 Å². The largest absolute Gasteiger partial charge is 0.481 e. The van der Waals surface area contributed by atoms with E-state index in [0.29, 0.717) is 18.8 Å². The van der Waals surface area contributed by atoms with Crippen LogP contribution in [0.2, 0.25) is 0 Å². The van der Waals surface area contributed by atoms with Crippen LogP contribution in [0.1, 0.15) is 159 Å². The first-order valence-corrected chi connectivity index (χ1v) is 23.6. The number of hydrogen-bond donors (Lipinski definition) is 9. The predicted octanol–water partition coefficient (Wildman–Crippen LogP) is 3.44. The van der Waals surface area contributed by atoms with E-state index >= 15 is 0 Å². The van der Waals surface area contributed by atoms with E-state index in [4.69, 9.17) is 4.74 Å². The number of hydrogen-bond acceptors (Lipinski definition) is 11. The Kier molecular flexibility index (Phi) is 26.8. The number of rotatable bonds is 21. The van der Waals surface area contributed by atoms with Crippen LogP contribution in [0.3, 0.4) is 0 Å². The van der Waals surface area contributed by atoms with Crippen molar-refractivity contribution in [2.24, 2.45) is 29.6 Å². The van der Waals surface area contributed by atoms with Gasteiger partial charge >= 0.3 is 23.9 Å². The van der Waals surface area contributed by atoms with Crippen molar-refractivity contribution in [3.63, 3.8) is 0 Å². The topological polar surface area (TPSA) is 305 Å². The molecule has 7 atom stereocenters. The minimum absolute atomic E-state index is 0.00186. The standard InChI is InChI=1S/C46H79N7O13/c1-25(2)16-14-12-11-13-15-17-36-44(63)47-30(18-19-37(54)55)39(58)48-31(20-26(3)4)40(59)50-33(22-28(7)8)43(62)53-46(65)52-34(24-38(56)57)42(61)49-32(21-27(5)6)41(60)51-35(23-29(9)10)45(64)66-36/h25-36H,11-24H2,1-10H3,(H,47,63)(H,48,58)(H,49,61)(H,50,59)(H,51,60)(H,54,55)(H,56,57)(H2,52,53,62,65)/t30-,31-,32+,33+,34-,35-,36+/m1/s1. The molecule has 20 nitrogen and oxygen atoms in total. The van der Waals surface area contributed by atoms with E-state index in [0.717, 1.165) is 25.7 Å². The zero-order valence-electron chi connectivity index (χ0n) is 40.7. The number of urea groups is 1. The van der Waals surface area contributed by atoms with E-state index in [1.807, 2.05) is 5.32 Å². The summed E-state index contributed by atoms with van der Waals surface area (Å²) in [4.78, 5) is 134. The van der Waals surface area contributed by atoms with Crippen LogP contribution in [0.4, 0.5) is 4.79 Å². The Morgan fingerprint density at radius 3 is 1.33 bits per heavy atom. The minimum atomic E-state index is -1.80. The van der Waals surface area contributed by atoms with Crippen molar-refractivity contribution in [1.29, 1.82) is 0 Å². The van der Waals surface area contributed by atoms with E-state index in [1.54, 1.807) is 55.4 Å². The maximum atomic E-state index is 14.2. The summed E-state index contributed by atoms with van der Waals surface area (Å²) < 4.78 is 5.86. The lowest BCUT2D eigenvalue weighted by Crippen LogP contribution is -2.59. The van der Waals surface area contributed by atoms with E-state index in [1.165, 1.54) is 0 Å². The molecule has 0 aliphatic carbocycles. The summed E-state index contributed by atoms with van der Waals surface area (Å²) in [5, 5.41) is 36.3. The van der Waals surface area contributed by atoms with Gasteiger partial charge in [-0.2, -0.15) is 0 Å². The smallest absolute Gasteiger partial charge is 0.329 e. The molecule has 1 rings (SSSR count). The van der Waals surface area contributed by atoms with Crippen molar-refractivity contribution in [3.8, 4) is 0 Å². The van der Waals surface area contributed by atoms with E-state index < -0.39 is 121 Å². The number of carboxylic acids is 2. The molecule has 0 bridgehead atoms. The van der Waals surface area contributed by atoms with E-state index in [-0.39, 0.29) is 55.8 Å². The highest BCUT2D eigenvalue weighted by molar-refractivity contribution is 6.02. The lowest BCUT2D eigenvalue weighted by atomic mass is 9.99. The SMILES string of the molecule is CC(C)CCCCCCC[C@@H]1OC(=O)[C@@H](CC(C)C)NC(=O)[C@H](CC(C)C)NC(=O)[C@@H](CC(=O)O)NC(=O)NC(=O)[C@H](CC(C)C)NC(=O)[C@@H](CC(C)C)NC(=O)[C@@H](CCC(=O)O)NC1=O. The van der Waals surface area contributed by atoms with Gasteiger partial charge in [-0.15, -0.1) is 0 Å². The van der Waals surface area contributed by atoms with Crippen LogP contribution in [0.25, 0.3) is 0 Å². The Bertz CT molecular complexity index is 1650. The molecule has 1 aliphatic rings. The van der Waals surface area contributed by atoms with Gasteiger partial charge in [-0.3, -0.25) is 43.7 Å². The summed E-state index contributed by atoms with van der Waals surface area (Å²) in [6.07, 6.45) is 1.58. The van der Waals surface area contributed by atoms with Crippen molar-refractivity contribution in [2.75, 3.05) is 0 Å². The van der Waals surface area contributed by atoms with Crippen LogP contribution in [0.5, 0.6) is 0 Å². The number of ether oxygens (including phenoxy) is 1. The molecule has 0 radical (unpaired) electrons. The van der Waals surface area contributed by atoms with Gasteiger partial charge in [-0.1, -0.05) is 101 Å². The summed E-state index contributed by atoms with van der Waals surface area (Å²) >= 11 is 0. The van der Waals surface area contributed by atoms with Gasteiger partial charge in [0.1, 0.15) is 36.3 Å². The highest BCUT2D eigenvalue weighted by Gasteiger charge is 2.37. The van der Waals surface area contributed by atoms with E-state index in [2.05, 4.69) is 45.7 Å². The van der Waals surface area contributed by atoms with Crippen molar-refractivity contribution in [1.82, 2.24) is 37.2 Å². The fourth-order valence-corrected chi connectivity index (χ4v) is 7.34. The monoisotopic (exact) mass is 938 g/mol. The number of cyclic esters (lactones) is 1. The Labute approximate surface area is 389 Å². The fourth-order valence-electron chi connectivity index (χ4n) is 7.34. The van der Waals surface area contributed by atoms with Gasteiger partial charge in [0.25, 0.3) is 11.8 Å². The molecule has 0 aromatic heterocycles. The molecule has 376 valence electrons. The summed E-state index contributed by atoms with van der Waals surface area (Å²) in [6.45, 7) is 18.4. The summed E-state index contributed by atoms with van der Waals surface area (Å²) in [5.41, 5.74) is 0. The molecule has 0 aromatic carbocycles. The molecular formula is C46H79N7O13. The van der Waals surface area contributed by atoms with Crippen LogP contribution in [0, 0.1) is 29.6 Å². The van der Waals surface area contributed by atoms with Gasteiger partial charge < -0.3 is 46.9 Å². The van der Waals surface area contributed by atoms with Crippen LogP contribution in [0.15, 0.2) is 0 Å². The molecule has 9 N–H and O–H groups in total. The number of amides is 8. The highest BCUT2D eigenvalue weighted by Crippen LogP contribution is 2.17. The molecule has 1 saturated heterocycles. The molecule has 1 fully saturated rings. The molecule has 0 saturated carbocycles.